The number of thiazole rings is 1. The van der Waals surface area contributed by atoms with E-state index in [2.05, 4.69) is 48.5 Å². The highest BCUT2D eigenvalue weighted by Gasteiger charge is 2.13. The van der Waals surface area contributed by atoms with Crippen LogP contribution in [0.1, 0.15) is 0 Å². The molecule has 0 saturated heterocycles. The van der Waals surface area contributed by atoms with Crippen LogP contribution in [0.2, 0.25) is 5.02 Å². The molecule has 2 heterocycles. The van der Waals surface area contributed by atoms with Gasteiger partial charge in [0, 0.05) is 33.5 Å². The molecule has 2 aromatic heterocycles. The van der Waals surface area contributed by atoms with Crippen molar-refractivity contribution in [3.05, 3.63) is 77.8 Å². The minimum absolute atomic E-state index is 0.681. The van der Waals surface area contributed by atoms with Gasteiger partial charge in [-0.3, -0.25) is 0 Å². The average molecular weight is 386 g/mol. The van der Waals surface area contributed by atoms with Gasteiger partial charge in [-0.05, 0) is 35.0 Å². The lowest BCUT2D eigenvalue weighted by Gasteiger charge is -2.00. The van der Waals surface area contributed by atoms with E-state index in [9.17, 15) is 0 Å². The van der Waals surface area contributed by atoms with Crippen molar-refractivity contribution in [3.8, 4) is 10.6 Å². The van der Waals surface area contributed by atoms with Gasteiger partial charge < -0.3 is 4.42 Å². The number of benzene rings is 4. The lowest BCUT2D eigenvalue weighted by atomic mass is 10.1. The number of hydrogen-bond acceptors (Lipinski definition) is 3. The molecule has 0 aliphatic rings. The van der Waals surface area contributed by atoms with Crippen LogP contribution in [0.5, 0.6) is 0 Å². The Morgan fingerprint density at radius 3 is 2.56 bits per heavy atom. The fourth-order valence-corrected chi connectivity index (χ4v) is 4.76. The molecule has 0 spiro atoms. The summed E-state index contributed by atoms with van der Waals surface area (Å²) in [5.74, 6) is 0. The van der Waals surface area contributed by atoms with Crippen molar-refractivity contribution in [1.82, 2.24) is 4.98 Å². The van der Waals surface area contributed by atoms with Crippen LogP contribution < -0.4 is 0 Å². The molecule has 0 atom stereocenters. The largest absolute Gasteiger partial charge is 0.456 e. The molecule has 4 aromatic carbocycles. The van der Waals surface area contributed by atoms with Crippen molar-refractivity contribution in [3.63, 3.8) is 0 Å². The molecule has 6 rings (SSSR count). The molecule has 0 aliphatic carbocycles. The standard InChI is InChI=1S/C23H12ClNOS/c24-16-7-8-17-18-11-22-19(12-21(18)26-20(17)10-16)25-23(27-22)15-6-5-13-3-1-2-4-14(13)9-15/h1-12H. The average Bonchev–Trinajstić information content (AvgIpc) is 3.25. The fraction of sp³-hybridized carbons (Fsp3) is 0. The summed E-state index contributed by atoms with van der Waals surface area (Å²) < 4.78 is 7.15. The Morgan fingerprint density at radius 1 is 0.778 bits per heavy atom. The molecule has 6 aromatic rings. The first-order valence-corrected chi connectivity index (χ1v) is 9.86. The van der Waals surface area contributed by atoms with Crippen LogP contribution in [0.3, 0.4) is 0 Å². The van der Waals surface area contributed by atoms with Crippen LogP contribution in [-0.4, -0.2) is 4.98 Å². The van der Waals surface area contributed by atoms with Crippen molar-refractivity contribution < 1.29 is 4.42 Å². The van der Waals surface area contributed by atoms with Gasteiger partial charge in [0.15, 0.2) is 0 Å². The molecule has 0 aliphatic heterocycles. The molecular weight excluding hydrogens is 374 g/mol. The molecule has 2 nitrogen and oxygen atoms in total. The van der Waals surface area contributed by atoms with Gasteiger partial charge in [0.1, 0.15) is 16.2 Å². The van der Waals surface area contributed by atoms with Crippen molar-refractivity contribution in [2.24, 2.45) is 0 Å². The summed E-state index contributed by atoms with van der Waals surface area (Å²) in [6, 6.07) is 24.9. The van der Waals surface area contributed by atoms with Crippen LogP contribution in [0.4, 0.5) is 0 Å². The van der Waals surface area contributed by atoms with E-state index in [1.807, 2.05) is 24.3 Å². The monoisotopic (exact) mass is 385 g/mol. The minimum Gasteiger partial charge on any atom is -0.456 e. The van der Waals surface area contributed by atoms with Gasteiger partial charge >= 0.3 is 0 Å². The minimum atomic E-state index is 0.681. The molecule has 0 saturated carbocycles. The van der Waals surface area contributed by atoms with E-state index in [4.69, 9.17) is 21.0 Å². The van der Waals surface area contributed by atoms with Crippen molar-refractivity contribution in [2.75, 3.05) is 0 Å². The summed E-state index contributed by atoms with van der Waals surface area (Å²) in [4.78, 5) is 4.86. The predicted molar refractivity (Wildman–Crippen MR) is 115 cm³/mol. The maximum Gasteiger partial charge on any atom is 0.137 e. The van der Waals surface area contributed by atoms with Crippen LogP contribution in [0.15, 0.2) is 77.2 Å². The van der Waals surface area contributed by atoms with Crippen molar-refractivity contribution in [2.45, 2.75) is 0 Å². The first kappa shape index (κ1) is 15.2. The number of nitrogens with zero attached hydrogens (tertiary/aromatic N) is 1. The van der Waals surface area contributed by atoms with Crippen LogP contribution in [0, 0.1) is 0 Å². The van der Waals surface area contributed by atoms with Gasteiger partial charge in [-0.1, -0.05) is 48.0 Å². The Labute approximate surface area is 163 Å². The summed E-state index contributed by atoms with van der Waals surface area (Å²) in [7, 11) is 0. The van der Waals surface area contributed by atoms with Crippen molar-refractivity contribution >= 4 is 65.9 Å². The highest BCUT2D eigenvalue weighted by molar-refractivity contribution is 7.21. The van der Waals surface area contributed by atoms with E-state index in [-0.39, 0.29) is 0 Å². The lowest BCUT2D eigenvalue weighted by Crippen LogP contribution is -1.77. The van der Waals surface area contributed by atoms with Gasteiger partial charge in [0.25, 0.3) is 0 Å². The van der Waals surface area contributed by atoms with E-state index < -0.39 is 0 Å². The molecule has 0 amide bonds. The Hall–Kier alpha value is -2.88. The van der Waals surface area contributed by atoms with Gasteiger partial charge in [-0.15, -0.1) is 11.3 Å². The maximum absolute atomic E-state index is 6.09. The van der Waals surface area contributed by atoms with E-state index in [1.54, 1.807) is 11.3 Å². The molecule has 0 fully saturated rings. The van der Waals surface area contributed by atoms with Gasteiger partial charge in [-0.2, -0.15) is 0 Å². The third kappa shape index (κ3) is 2.36. The van der Waals surface area contributed by atoms with E-state index in [1.165, 1.54) is 10.8 Å². The second kappa shape index (κ2) is 5.56. The molecule has 27 heavy (non-hydrogen) atoms. The van der Waals surface area contributed by atoms with Crippen LogP contribution in [-0.2, 0) is 0 Å². The topological polar surface area (TPSA) is 26.0 Å². The van der Waals surface area contributed by atoms with E-state index >= 15 is 0 Å². The highest BCUT2D eigenvalue weighted by atomic mass is 35.5. The maximum atomic E-state index is 6.09. The third-order valence-corrected chi connectivity index (χ3v) is 6.24. The molecule has 0 unspecified atom stereocenters. The van der Waals surface area contributed by atoms with Gasteiger partial charge in [-0.25, -0.2) is 4.98 Å². The molecule has 0 bridgehead atoms. The Balaban J connectivity index is 1.57. The second-order valence-corrected chi connectivity index (χ2v) is 8.11. The third-order valence-electron chi connectivity index (χ3n) is 4.94. The molecular formula is C23H12ClNOS. The summed E-state index contributed by atoms with van der Waals surface area (Å²) in [5, 5.41) is 6.35. The zero-order valence-electron chi connectivity index (χ0n) is 14.1. The van der Waals surface area contributed by atoms with Gasteiger partial charge in [0.05, 0.1) is 10.2 Å². The summed E-state index contributed by atoms with van der Waals surface area (Å²) in [6.07, 6.45) is 0. The SMILES string of the molecule is Clc1ccc2c(c1)oc1cc3nc(-c4ccc5ccccc5c4)sc3cc12. The van der Waals surface area contributed by atoms with Crippen LogP contribution >= 0.6 is 22.9 Å². The summed E-state index contributed by atoms with van der Waals surface area (Å²) >= 11 is 7.80. The quantitative estimate of drug-likeness (QED) is 0.290. The smallest absolute Gasteiger partial charge is 0.137 e. The van der Waals surface area contributed by atoms with E-state index in [0.717, 1.165) is 42.7 Å². The van der Waals surface area contributed by atoms with Gasteiger partial charge in [0.2, 0.25) is 0 Å². The zero-order chi connectivity index (χ0) is 18.0. The number of rotatable bonds is 1. The number of hydrogen-bond donors (Lipinski definition) is 0. The first-order chi connectivity index (χ1) is 13.2. The number of halogens is 1. The Bertz CT molecular complexity index is 1490. The molecule has 0 radical (unpaired) electrons. The predicted octanol–water partition coefficient (Wildman–Crippen LogP) is 7.67. The van der Waals surface area contributed by atoms with Crippen molar-refractivity contribution in [1.29, 1.82) is 0 Å². The molecule has 4 heteroatoms. The lowest BCUT2D eigenvalue weighted by molar-refractivity contribution is 0.669. The molecule has 0 N–H and O–H groups in total. The summed E-state index contributed by atoms with van der Waals surface area (Å²) in [5.41, 5.74) is 3.75. The normalized spacial score (nSPS) is 11.9. The molecule has 128 valence electrons. The number of fused-ring (bicyclic) bond motifs is 5. The zero-order valence-corrected chi connectivity index (χ0v) is 15.6. The highest BCUT2D eigenvalue weighted by Crippen LogP contribution is 2.37. The van der Waals surface area contributed by atoms with Crippen LogP contribution in [0.25, 0.3) is 53.5 Å². The Morgan fingerprint density at radius 2 is 1.63 bits per heavy atom. The number of aromatic nitrogens is 1. The fourth-order valence-electron chi connectivity index (χ4n) is 3.62. The second-order valence-electron chi connectivity index (χ2n) is 6.64. The van der Waals surface area contributed by atoms with E-state index in [0.29, 0.717) is 5.02 Å². The summed E-state index contributed by atoms with van der Waals surface area (Å²) in [6.45, 7) is 0. The number of furan rings is 1. The Kier molecular flexibility index (Phi) is 3.13. The first-order valence-electron chi connectivity index (χ1n) is 8.66.